The van der Waals surface area contributed by atoms with E-state index >= 15 is 0 Å². The standard InChI is InChI=1S/C18H22FN3O2/c1-12-9-15(21-13(2)20-12)17-11-22(7-8-24-17)10-14-5-4-6-16(23-3)18(14)19/h4-6,9,17H,7-8,10-11H2,1-3H3. The molecule has 1 aromatic carbocycles. The number of nitrogens with zero attached hydrogens (tertiary/aromatic N) is 3. The Morgan fingerprint density at radius 2 is 2.17 bits per heavy atom. The molecule has 5 nitrogen and oxygen atoms in total. The van der Waals surface area contributed by atoms with E-state index in [0.29, 0.717) is 25.3 Å². The Morgan fingerprint density at radius 1 is 1.33 bits per heavy atom. The number of ether oxygens (including phenoxy) is 2. The summed E-state index contributed by atoms with van der Waals surface area (Å²) in [5, 5.41) is 0. The summed E-state index contributed by atoms with van der Waals surface area (Å²) in [4.78, 5) is 11.0. The Hall–Kier alpha value is -2.05. The number of benzene rings is 1. The van der Waals surface area contributed by atoms with Crippen molar-refractivity contribution in [2.45, 2.75) is 26.5 Å². The van der Waals surface area contributed by atoms with Gasteiger partial charge in [-0.1, -0.05) is 12.1 Å². The smallest absolute Gasteiger partial charge is 0.169 e. The van der Waals surface area contributed by atoms with E-state index in [-0.39, 0.29) is 17.7 Å². The molecule has 6 heteroatoms. The third-order valence-corrected chi connectivity index (χ3v) is 4.12. The van der Waals surface area contributed by atoms with E-state index in [9.17, 15) is 4.39 Å². The van der Waals surface area contributed by atoms with Crippen molar-refractivity contribution in [1.29, 1.82) is 0 Å². The van der Waals surface area contributed by atoms with E-state index in [1.54, 1.807) is 12.1 Å². The first-order valence-corrected chi connectivity index (χ1v) is 8.04. The summed E-state index contributed by atoms with van der Waals surface area (Å²) < 4.78 is 25.3. The Bertz CT molecular complexity index is 703. The maximum Gasteiger partial charge on any atom is 0.169 e. The van der Waals surface area contributed by atoms with E-state index in [4.69, 9.17) is 9.47 Å². The predicted molar refractivity (Wildman–Crippen MR) is 88.4 cm³/mol. The lowest BCUT2D eigenvalue weighted by atomic mass is 10.1. The van der Waals surface area contributed by atoms with Crippen molar-refractivity contribution in [3.8, 4) is 5.75 Å². The summed E-state index contributed by atoms with van der Waals surface area (Å²) in [7, 11) is 1.48. The van der Waals surface area contributed by atoms with Crippen LogP contribution in [0.15, 0.2) is 24.3 Å². The summed E-state index contributed by atoms with van der Waals surface area (Å²) in [5.41, 5.74) is 2.44. The summed E-state index contributed by atoms with van der Waals surface area (Å²) in [6.45, 7) is 6.38. The SMILES string of the molecule is COc1cccc(CN2CCOC(c3cc(C)nc(C)n3)C2)c1F. The number of halogens is 1. The maximum atomic E-state index is 14.4. The molecule has 1 aliphatic rings. The number of methoxy groups -OCH3 is 1. The van der Waals surface area contributed by atoms with Gasteiger partial charge >= 0.3 is 0 Å². The molecule has 1 aliphatic heterocycles. The molecule has 24 heavy (non-hydrogen) atoms. The Labute approximate surface area is 141 Å². The third-order valence-electron chi connectivity index (χ3n) is 4.12. The summed E-state index contributed by atoms with van der Waals surface area (Å²) in [5.74, 6) is 0.723. The quantitative estimate of drug-likeness (QED) is 0.862. The fourth-order valence-electron chi connectivity index (χ4n) is 3.01. The zero-order chi connectivity index (χ0) is 17.1. The minimum atomic E-state index is -0.295. The minimum Gasteiger partial charge on any atom is -0.494 e. The van der Waals surface area contributed by atoms with Gasteiger partial charge in [0.25, 0.3) is 0 Å². The van der Waals surface area contributed by atoms with Crippen LogP contribution in [0, 0.1) is 19.7 Å². The van der Waals surface area contributed by atoms with Crippen LogP contribution < -0.4 is 4.74 Å². The van der Waals surface area contributed by atoms with Gasteiger partial charge in [0.2, 0.25) is 0 Å². The first-order valence-electron chi connectivity index (χ1n) is 8.04. The van der Waals surface area contributed by atoms with Gasteiger partial charge < -0.3 is 9.47 Å². The molecule has 0 spiro atoms. The third kappa shape index (κ3) is 3.71. The molecule has 1 unspecified atom stereocenters. The Morgan fingerprint density at radius 3 is 2.92 bits per heavy atom. The Kier molecular flexibility index (Phi) is 5.06. The van der Waals surface area contributed by atoms with E-state index in [0.717, 1.165) is 23.8 Å². The summed E-state index contributed by atoms with van der Waals surface area (Å²) >= 11 is 0. The van der Waals surface area contributed by atoms with Gasteiger partial charge in [0.15, 0.2) is 11.6 Å². The van der Waals surface area contributed by atoms with Crippen LogP contribution in [0.3, 0.4) is 0 Å². The molecule has 128 valence electrons. The van der Waals surface area contributed by atoms with Crippen LogP contribution in [-0.2, 0) is 11.3 Å². The van der Waals surface area contributed by atoms with Gasteiger partial charge in [0, 0.05) is 30.9 Å². The van der Waals surface area contributed by atoms with E-state index in [1.807, 2.05) is 26.0 Å². The largest absolute Gasteiger partial charge is 0.494 e. The average molecular weight is 331 g/mol. The van der Waals surface area contributed by atoms with E-state index < -0.39 is 0 Å². The first-order chi connectivity index (χ1) is 11.6. The van der Waals surface area contributed by atoms with Gasteiger partial charge in [0.05, 0.1) is 19.4 Å². The highest BCUT2D eigenvalue weighted by molar-refractivity contribution is 5.31. The molecule has 2 heterocycles. The lowest BCUT2D eigenvalue weighted by Gasteiger charge is -2.32. The molecule has 3 rings (SSSR count). The predicted octanol–water partition coefficient (Wildman–Crippen LogP) is 2.81. The van der Waals surface area contributed by atoms with Gasteiger partial charge in [-0.3, -0.25) is 4.90 Å². The number of rotatable bonds is 4. The lowest BCUT2D eigenvalue weighted by molar-refractivity contribution is -0.0354. The molecule has 1 fully saturated rings. The topological polar surface area (TPSA) is 47.5 Å². The van der Waals surface area contributed by atoms with Gasteiger partial charge in [-0.2, -0.15) is 0 Å². The molecule has 1 saturated heterocycles. The zero-order valence-corrected chi connectivity index (χ0v) is 14.3. The number of hydrogen-bond donors (Lipinski definition) is 0. The molecular formula is C18H22FN3O2. The lowest BCUT2D eigenvalue weighted by Crippen LogP contribution is -2.38. The van der Waals surface area contributed by atoms with Crippen molar-refractivity contribution in [1.82, 2.24) is 14.9 Å². The van der Waals surface area contributed by atoms with Crippen LogP contribution in [0.5, 0.6) is 5.75 Å². The number of morpholine rings is 1. The van der Waals surface area contributed by atoms with E-state index in [1.165, 1.54) is 7.11 Å². The normalized spacial score (nSPS) is 18.6. The van der Waals surface area contributed by atoms with Crippen molar-refractivity contribution in [2.24, 2.45) is 0 Å². The number of aromatic nitrogens is 2. The van der Waals surface area contributed by atoms with Gasteiger partial charge in [-0.25, -0.2) is 14.4 Å². The molecule has 1 aromatic heterocycles. The first kappa shape index (κ1) is 16.8. The molecular weight excluding hydrogens is 309 g/mol. The highest BCUT2D eigenvalue weighted by Gasteiger charge is 2.24. The molecule has 0 bridgehead atoms. The van der Waals surface area contributed by atoms with E-state index in [2.05, 4.69) is 14.9 Å². The van der Waals surface area contributed by atoms with Crippen LogP contribution >= 0.6 is 0 Å². The van der Waals surface area contributed by atoms with Crippen LogP contribution in [0.4, 0.5) is 4.39 Å². The Balaban J connectivity index is 1.74. The number of aryl methyl sites for hydroxylation is 2. The maximum absolute atomic E-state index is 14.4. The van der Waals surface area contributed by atoms with Crippen LogP contribution in [-0.4, -0.2) is 41.7 Å². The average Bonchev–Trinajstić information content (AvgIpc) is 2.56. The number of hydrogen-bond acceptors (Lipinski definition) is 5. The fourth-order valence-corrected chi connectivity index (χ4v) is 3.01. The second kappa shape index (κ2) is 7.23. The van der Waals surface area contributed by atoms with Crippen molar-refractivity contribution < 1.29 is 13.9 Å². The van der Waals surface area contributed by atoms with Crippen molar-refractivity contribution in [3.05, 3.63) is 52.9 Å². The summed E-state index contributed by atoms with van der Waals surface area (Å²) in [6, 6.07) is 7.19. The highest BCUT2D eigenvalue weighted by Crippen LogP contribution is 2.25. The zero-order valence-electron chi connectivity index (χ0n) is 14.3. The molecule has 0 radical (unpaired) electrons. The van der Waals surface area contributed by atoms with Crippen LogP contribution in [0.1, 0.15) is 28.9 Å². The van der Waals surface area contributed by atoms with Crippen molar-refractivity contribution in [2.75, 3.05) is 26.8 Å². The second-order valence-corrected chi connectivity index (χ2v) is 6.01. The van der Waals surface area contributed by atoms with Crippen molar-refractivity contribution in [3.63, 3.8) is 0 Å². The van der Waals surface area contributed by atoms with Crippen LogP contribution in [0.25, 0.3) is 0 Å². The molecule has 0 aliphatic carbocycles. The molecule has 0 N–H and O–H groups in total. The minimum absolute atomic E-state index is 0.118. The van der Waals surface area contributed by atoms with Crippen LogP contribution in [0.2, 0.25) is 0 Å². The second-order valence-electron chi connectivity index (χ2n) is 6.01. The molecule has 0 amide bonds. The fraction of sp³-hybridized carbons (Fsp3) is 0.444. The molecule has 1 atom stereocenters. The van der Waals surface area contributed by atoms with Crippen molar-refractivity contribution >= 4 is 0 Å². The highest BCUT2D eigenvalue weighted by atomic mass is 19.1. The molecule has 2 aromatic rings. The monoisotopic (exact) mass is 331 g/mol. The van der Waals surface area contributed by atoms with Gasteiger partial charge in [-0.05, 0) is 26.0 Å². The molecule has 0 saturated carbocycles. The summed E-state index contributed by atoms with van der Waals surface area (Å²) in [6.07, 6.45) is -0.118. The van der Waals surface area contributed by atoms with Gasteiger partial charge in [0.1, 0.15) is 11.9 Å². The van der Waals surface area contributed by atoms with Gasteiger partial charge in [-0.15, -0.1) is 0 Å².